The third-order valence-corrected chi connectivity index (χ3v) is 2.97. The Morgan fingerprint density at radius 3 is 2.67 bits per heavy atom. The molecule has 1 heterocycles. The average molecular weight is 268 g/mol. The van der Waals surface area contributed by atoms with Crippen molar-refractivity contribution in [3.05, 3.63) is 16.8 Å². The van der Waals surface area contributed by atoms with Crippen molar-refractivity contribution >= 4 is 23.0 Å². The van der Waals surface area contributed by atoms with Gasteiger partial charge in [-0.1, -0.05) is 12.2 Å². The Bertz CT molecular complexity index is 423. The van der Waals surface area contributed by atoms with E-state index in [1.165, 1.54) is 0 Å². The molecule has 0 aliphatic heterocycles. The van der Waals surface area contributed by atoms with Gasteiger partial charge in [-0.2, -0.15) is 5.10 Å². The van der Waals surface area contributed by atoms with Crippen LogP contribution in [0.5, 0.6) is 0 Å². The van der Waals surface area contributed by atoms with Gasteiger partial charge in [-0.3, -0.25) is 0 Å². The summed E-state index contributed by atoms with van der Waals surface area (Å²) in [5.41, 5.74) is 8.37. The number of nitrogens with two attached hydrogens (primary N) is 1. The predicted molar refractivity (Wildman–Crippen MR) is 77.0 cm³/mol. The number of aryl methyl sites for hydroxylation is 1. The van der Waals surface area contributed by atoms with Crippen LogP contribution >= 0.6 is 12.2 Å². The molecular weight excluding hydrogens is 248 g/mol. The molecule has 1 aromatic rings. The smallest absolute Gasteiger partial charge is 0.159 e. The Morgan fingerprint density at radius 1 is 1.33 bits per heavy atom. The highest BCUT2D eigenvalue weighted by molar-refractivity contribution is 7.80. The SMILES string of the molecule is COCCCCNc1nnc(C)c(C)c1C(N)=S. The van der Waals surface area contributed by atoms with E-state index >= 15 is 0 Å². The minimum atomic E-state index is 0.352. The van der Waals surface area contributed by atoms with Gasteiger partial charge in [0.25, 0.3) is 0 Å². The monoisotopic (exact) mass is 268 g/mol. The molecule has 0 radical (unpaired) electrons. The number of hydrogen-bond acceptors (Lipinski definition) is 5. The molecule has 0 saturated carbocycles. The molecule has 0 fully saturated rings. The van der Waals surface area contributed by atoms with Crippen LogP contribution in [0.2, 0.25) is 0 Å². The maximum Gasteiger partial charge on any atom is 0.159 e. The Kier molecular flexibility index (Phi) is 5.94. The molecule has 0 spiro atoms. The normalized spacial score (nSPS) is 10.4. The summed E-state index contributed by atoms with van der Waals surface area (Å²) in [6.45, 7) is 5.42. The van der Waals surface area contributed by atoms with Crippen LogP contribution in [0.25, 0.3) is 0 Å². The Balaban J connectivity index is 2.70. The number of methoxy groups -OCH3 is 1. The second-order valence-electron chi connectivity index (χ2n) is 4.12. The maximum absolute atomic E-state index is 5.74. The maximum atomic E-state index is 5.74. The van der Waals surface area contributed by atoms with E-state index < -0.39 is 0 Å². The van der Waals surface area contributed by atoms with E-state index in [1.54, 1.807) is 7.11 Å². The summed E-state index contributed by atoms with van der Waals surface area (Å²) in [5, 5.41) is 11.4. The quantitative estimate of drug-likeness (QED) is 0.577. The molecule has 1 aromatic heterocycles. The van der Waals surface area contributed by atoms with Crippen molar-refractivity contribution in [3.63, 3.8) is 0 Å². The minimum absolute atomic E-state index is 0.352. The zero-order valence-corrected chi connectivity index (χ0v) is 11.9. The van der Waals surface area contributed by atoms with Crippen molar-refractivity contribution in [2.24, 2.45) is 5.73 Å². The molecule has 100 valence electrons. The molecule has 6 heteroatoms. The first kappa shape index (κ1) is 14.8. The molecule has 0 aromatic carbocycles. The van der Waals surface area contributed by atoms with Gasteiger partial charge < -0.3 is 15.8 Å². The highest BCUT2D eigenvalue weighted by atomic mass is 32.1. The lowest BCUT2D eigenvalue weighted by Gasteiger charge is -2.12. The van der Waals surface area contributed by atoms with Crippen molar-refractivity contribution < 1.29 is 4.74 Å². The molecule has 3 N–H and O–H groups in total. The molecule has 18 heavy (non-hydrogen) atoms. The van der Waals surface area contributed by atoms with E-state index in [4.69, 9.17) is 22.7 Å². The molecule has 1 rings (SSSR count). The summed E-state index contributed by atoms with van der Waals surface area (Å²) < 4.78 is 4.99. The van der Waals surface area contributed by atoms with Crippen molar-refractivity contribution in [3.8, 4) is 0 Å². The number of thiocarbonyl (C=S) groups is 1. The van der Waals surface area contributed by atoms with Crippen LogP contribution in [-0.4, -0.2) is 35.4 Å². The summed E-state index contributed by atoms with van der Waals surface area (Å²) >= 11 is 5.07. The number of ether oxygens (including phenoxy) is 1. The second-order valence-corrected chi connectivity index (χ2v) is 4.56. The number of nitrogens with zero attached hydrogens (tertiary/aromatic N) is 2. The number of rotatable bonds is 7. The number of unbranched alkanes of at least 4 members (excludes halogenated alkanes) is 1. The van der Waals surface area contributed by atoms with Crippen LogP contribution in [0.4, 0.5) is 5.82 Å². The van der Waals surface area contributed by atoms with E-state index in [0.29, 0.717) is 10.8 Å². The average Bonchev–Trinajstić information content (AvgIpc) is 2.33. The lowest BCUT2D eigenvalue weighted by atomic mass is 10.1. The first-order chi connectivity index (χ1) is 8.57. The van der Waals surface area contributed by atoms with E-state index in [2.05, 4.69) is 15.5 Å². The fourth-order valence-corrected chi connectivity index (χ4v) is 1.86. The fraction of sp³-hybridized carbons (Fsp3) is 0.583. The van der Waals surface area contributed by atoms with E-state index in [1.807, 2.05) is 13.8 Å². The van der Waals surface area contributed by atoms with Gasteiger partial charge in [0, 0.05) is 20.3 Å². The molecule has 0 saturated heterocycles. The molecule has 0 bridgehead atoms. The van der Waals surface area contributed by atoms with E-state index in [0.717, 1.165) is 42.8 Å². The van der Waals surface area contributed by atoms with Gasteiger partial charge in [-0.15, -0.1) is 5.10 Å². The Morgan fingerprint density at radius 2 is 2.06 bits per heavy atom. The van der Waals surface area contributed by atoms with Crippen LogP contribution in [-0.2, 0) is 4.74 Å². The number of anilines is 1. The van der Waals surface area contributed by atoms with E-state index in [9.17, 15) is 0 Å². The Labute approximate surface area is 113 Å². The third-order valence-electron chi connectivity index (χ3n) is 2.77. The summed E-state index contributed by atoms with van der Waals surface area (Å²) in [6.07, 6.45) is 2.00. The van der Waals surface area contributed by atoms with Gasteiger partial charge in [0.15, 0.2) is 5.82 Å². The highest BCUT2D eigenvalue weighted by Crippen LogP contribution is 2.18. The van der Waals surface area contributed by atoms with Crippen LogP contribution in [0.1, 0.15) is 29.7 Å². The van der Waals surface area contributed by atoms with Crippen LogP contribution < -0.4 is 11.1 Å². The zero-order valence-electron chi connectivity index (χ0n) is 11.1. The molecule has 0 aliphatic rings. The van der Waals surface area contributed by atoms with Gasteiger partial charge in [-0.05, 0) is 32.3 Å². The summed E-state index contributed by atoms with van der Waals surface area (Å²) in [5.74, 6) is 0.669. The van der Waals surface area contributed by atoms with E-state index in [-0.39, 0.29) is 0 Å². The van der Waals surface area contributed by atoms with Gasteiger partial charge in [0.2, 0.25) is 0 Å². The van der Waals surface area contributed by atoms with Crippen LogP contribution in [0.15, 0.2) is 0 Å². The van der Waals surface area contributed by atoms with Crippen LogP contribution in [0.3, 0.4) is 0 Å². The first-order valence-electron chi connectivity index (χ1n) is 5.94. The largest absolute Gasteiger partial charge is 0.389 e. The molecule has 0 aliphatic carbocycles. The molecule has 0 atom stereocenters. The topological polar surface area (TPSA) is 73.1 Å². The second kappa shape index (κ2) is 7.23. The van der Waals surface area contributed by atoms with Crippen molar-refractivity contribution in [2.75, 3.05) is 25.6 Å². The fourth-order valence-electron chi connectivity index (χ4n) is 1.61. The molecule has 5 nitrogen and oxygen atoms in total. The molecule has 0 unspecified atom stereocenters. The molecular formula is C12H20N4OS. The lowest BCUT2D eigenvalue weighted by molar-refractivity contribution is 0.194. The molecule has 0 amide bonds. The lowest BCUT2D eigenvalue weighted by Crippen LogP contribution is -2.18. The van der Waals surface area contributed by atoms with Crippen molar-refractivity contribution in [1.29, 1.82) is 0 Å². The van der Waals surface area contributed by atoms with Gasteiger partial charge in [0.1, 0.15) is 4.99 Å². The van der Waals surface area contributed by atoms with Gasteiger partial charge in [-0.25, -0.2) is 0 Å². The summed E-state index contributed by atoms with van der Waals surface area (Å²) in [4.78, 5) is 0.352. The van der Waals surface area contributed by atoms with Crippen LogP contribution in [0, 0.1) is 13.8 Å². The standard InChI is InChI=1S/C12H20N4OS/c1-8-9(2)15-16-12(10(8)11(13)18)14-6-4-5-7-17-3/h4-7H2,1-3H3,(H2,13,18)(H,14,16). The Hall–Kier alpha value is -1.27. The van der Waals surface area contributed by atoms with Gasteiger partial charge >= 0.3 is 0 Å². The number of nitrogens with one attached hydrogen (secondary N) is 1. The number of aromatic nitrogens is 2. The summed E-state index contributed by atoms with van der Waals surface area (Å²) in [7, 11) is 1.70. The predicted octanol–water partition coefficient (Wildman–Crippen LogP) is 1.57. The van der Waals surface area contributed by atoms with Crippen molar-refractivity contribution in [1.82, 2.24) is 10.2 Å². The highest BCUT2D eigenvalue weighted by Gasteiger charge is 2.12. The number of hydrogen-bond donors (Lipinski definition) is 2. The van der Waals surface area contributed by atoms with Crippen molar-refractivity contribution in [2.45, 2.75) is 26.7 Å². The third kappa shape index (κ3) is 3.89. The zero-order chi connectivity index (χ0) is 13.5. The minimum Gasteiger partial charge on any atom is -0.389 e. The van der Waals surface area contributed by atoms with Gasteiger partial charge in [0.05, 0.1) is 11.3 Å². The summed E-state index contributed by atoms with van der Waals surface area (Å²) in [6, 6.07) is 0. The first-order valence-corrected chi connectivity index (χ1v) is 6.35.